The first kappa shape index (κ1) is 14.8. The SMILES string of the molecule is CC(=O)c1cc(NCCN2CCN(C)CC2)ccc1N. The first-order valence-corrected chi connectivity index (χ1v) is 7.11. The lowest BCUT2D eigenvalue weighted by Crippen LogP contribution is -2.45. The maximum Gasteiger partial charge on any atom is 0.161 e. The molecule has 1 heterocycles. The minimum absolute atomic E-state index is 0.00483. The molecule has 1 aromatic carbocycles. The van der Waals surface area contributed by atoms with Crippen molar-refractivity contribution in [2.45, 2.75) is 6.92 Å². The highest BCUT2D eigenvalue weighted by atomic mass is 16.1. The van der Waals surface area contributed by atoms with Gasteiger partial charge in [-0.3, -0.25) is 9.69 Å². The van der Waals surface area contributed by atoms with Gasteiger partial charge in [-0.05, 0) is 32.2 Å². The van der Waals surface area contributed by atoms with Gasteiger partial charge in [0.1, 0.15) is 0 Å². The number of hydrogen-bond donors (Lipinski definition) is 2. The molecule has 1 fully saturated rings. The molecule has 0 spiro atoms. The molecule has 110 valence electrons. The third kappa shape index (κ3) is 3.95. The Kier molecular flexibility index (Phi) is 4.98. The van der Waals surface area contributed by atoms with Crippen LogP contribution in [0.4, 0.5) is 11.4 Å². The van der Waals surface area contributed by atoms with Crippen molar-refractivity contribution >= 4 is 17.2 Å². The molecule has 1 aliphatic heterocycles. The van der Waals surface area contributed by atoms with Crippen molar-refractivity contribution in [1.82, 2.24) is 9.80 Å². The molecule has 0 atom stereocenters. The predicted octanol–water partition coefficient (Wildman–Crippen LogP) is 1.13. The smallest absolute Gasteiger partial charge is 0.161 e. The van der Waals surface area contributed by atoms with Crippen LogP contribution in [0.25, 0.3) is 0 Å². The summed E-state index contributed by atoms with van der Waals surface area (Å²) in [6.45, 7) is 7.96. The largest absolute Gasteiger partial charge is 0.398 e. The van der Waals surface area contributed by atoms with E-state index in [-0.39, 0.29) is 5.78 Å². The molecule has 0 bridgehead atoms. The van der Waals surface area contributed by atoms with Gasteiger partial charge in [0.15, 0.2) is 5.78 Å². The summed E-state index contributed by atoms with van der Waals surface area (Å²) in [4.78, 5) is 16.3. The summed E-state index contributed by atoms with van der Waals surface area (Å²) in [7, 11) is 2.16. The molecule has 0 unspecified atom stereocenters. The first-order valence-electron chi connectivity index (χ1n) is 7.11. The van der Waals surface area contributed by atoms with Crippen molar-refractivity contribution in [2.75, 3.05) is 57.4 Å². The minimum atomic E-state index is 0.00483. The molecule has 5 heteroatoms. The van der Waals surface area contributed by atoms with Gasteiger partial charge in [-0.1, -0.05) is 0 Å². The van der Waals surface area contributed by atoms with E-state index < -0.39 is 0 Å². The van der Waals surface area contributed by atoms with Crippen LogP contribution in [-0.4, -0.2) is 61.9 Å². The minimum Gasteiger partial charge on any atom is -0.398 e. The Bertz CT molecular complexity index is 467. The molecule has 0 radical (unpaired) electrons. The molecule has 1 aliphatic rings. The Morgan fingerprint density at radius 3 is 2.65 bits per heavy atom. The van der Waals surface area contributed by atoms with Gasteiger partial charge in [-0.2, -0.15) is 0 Å². The lowest BCUT2D eigenvalue weighted by Gasteiger charge is -2.32. The Morgan fingerprint density at radius 2 is 2.00 bits per heavy atom. The van der Waals surface area contributed by atoms with E-state index in [4.69, 9.17) is 5.73 Å². The Balaban J connectivity index is 1.82. The van der Waals surface area contributed by atoms with Crippen LogP contribution in [-0.2, 0) is 0 Å². The number of carbonyl (C=O) groups excluding carboxylic acids is 1. The summed E-state index contributed by atoms with van der Waals surface area (Å²) >= 11 is 0. The second kappa shape index (κ2) is 6.72. The summed E-state index contributed by atoms with van der Waals surface area (Å²) in [5.41, 5.74) is 7.88. The number of nitrogens with two attached hydrogens (primary N) is 1. The summed E-state index contributed by atoms with van der Waals surface area (Å²) in [5, 5.41) is 3.36. The number of benzene rings is 1. The van der Waals surface area contributed by atoms with Crippen LogP contribution in [0.2, 0.25) is 0 Å². The second-order valence-corrected chi connectivity index (χ2v) is 5.43. The zero-order valence-electron chi connectivity index (χ0n) is 12.4. The van der Waals surface area contributed by atoms with Crippen molar-refractivity contribution in [3.63, 3.8) is 0 Å². The molecule has 20 heavy (non-hydrogen) atoms. The van der Waals surface area contributed by atoms with Gasteiger partial charge >= 0.3 is 0 Å². The number of nitrogen functional groups attached to an aromatic ring is 1. The third-order valence-corrected chi connectivity index (χ3v) is 3.79. The highest BCUT2D eigenvalue weighted by molar-refractivity contribution is 5.99. The highest BCUT2D eigenvalue weighted by Gasteiger charge is 2.13. The van der Waals surface area contributed by atoms with Crippen molar-refractivity contribution in [2.24, 2.45) is 0 Å². The molecule has 0 amide bonds. The van der Waals surface area contributed by atoms with Crippen LogP contribution in [0.15, 0.2) is 18.2 Å². The number of nitrogens with one attached hydrogen (secondary N) is 1. The summed E-state index contributed by atoms with van der Waals surface area (Å²) < 4.78 is 0. The number of nitrogens with zero attached hydrogens (tertiary/aromatic N) is 2. The van der Waals surface area contributed by atoms with E-state index in [1.807, 2.05) is 12.1 Å². The number of piperazine rings is 1. The number of likely N-dealkylation sites (N-methyl/N-ethyl adjacent to an activating group) is 1. The van der Waals surface area contributed by atoms with Gasteiger partial charge < -0.3 is 16.0 Å². The zero-order chi connectivity index (χ0) is 14.5. The topological polar surface area (TPSA) is 61.6 Å². The lowest BCUT2D eigenvalue weighted by atomic mass is 10.1. The standard InChI is InChI=1S/C15H24N4O/c1-12(20)14-11-13(3-4-15(14)16)17-5-6-19-9-7-18(2)8-10-19/h3-4,11,17H,5-10,16H2,1-2H3. The number of anilines is 2. The van der Waals surface area contributed by atoms with E-state index in [9.17, 15) is 4.79 Å². The normalized spacial score (nSPS) is 17.1. The number of rotatable bonds is 5. The van der Waals surface area contributed by atoms with Gasteiger partial charge in [0.25, 0.3) is 0 Å². The van der Waals surface area contributed by atoms with Crippen LogP contribution < -0.4 is 11.1 Å². The molecular weight excluding hydrogens is 252 g/mol. The third-order valence-electron chi connectivity index (χ3n) is 3.79. The highest BCUT2D eigenvalue weighted by Crippen LogP contribution is 2.18. The fourth-order valence-corrected chi connectivity index (χ4v) is 2.40. The van der Waals surface area contributed by atoms with Crippen molar-refractivity contribution in [3.05, 3.63) is 23.8 Å². The van der Waals surface area contributed by atoms with Crippen molar-refractivity contribution in [1.29, 1.82) is 0 Å². The monoisotopic (exact) mass is 276 g/mol. The Hall–Kier alpha value is -1.59. The quantitative estimate of drug-likeness (QED) is 0.623. The number of hydrogen-bond acceptors (Lipinski definition) is 5. The van der Waals surface area contributed by atoms with Crippen LogP contribution >= 0.6 is 0 Å². The van der Waals surface area contributed by atoms with E-state index in [1.54, 1.807) is 13.0 Å². The first-order chi connectivity index (χ1) is 9.56. The molecule has 0 saturated carbocycles. The molecule has 3 N–H and O–H groups in total. The van der Waals surface area contributed by atoms with Gasteiger partial charge in [0.2, 0.25) is 0 Å². The van der Waals surface area contributed by atoms with Gasteiger partial charge in [0, 0.05) is 56.2 Å². The average Bonchev–Trinajstić information content (AvgIpc) is 2.42. The maximum absolute atomic E-state index is 11.4. The van der Waals surface area contributed by atoms with Crippen LogP contribution in [0.3, 0.4) is 0 Å². The Morgan fingerprint density at radius 1 is 1.30 bits per heavy atom. The van der Waals surface area contributed by atoms with Crippen LogP contribution in [0.5, 0.6) is 0 Å². The zero-order valence-corrected chi connectivity index (χ0v) is 12.4. The molecule has 1 saturated heterocycles. The average molecular weight is 276 g/mol. The molecule has 2 rings (SSSR count). The summed E-state index contributed by atoms with van der Waals surface area (Å²) in [6, 6.07) is 5.54. The van der Waals surface area contributed by atoms with Crippen molar-refractivity contribution in [3.8, 4) is 0 Å². The van der Waals surface area contributed by atoms with Crippen LogP contribution in [0, 0.1) is 0 Å². The van der Waals surface area contributed by atoms with Gasteiger partial charge in [-0.25, -0.2) is 0 Å². The Labute approximate surface area is 120 Å². The molecule has 0 aliphatic carbocycles. The lowest BCUT2D eigenvalue weighted by molar-refractivity contribution is 0.101. The fraction of sp³-hybridized carbons (Fsp3) is 0.533. The predicted molar refractivity (Wildman–Crippen MR) is 83.3 cm³/mol. The summed E-state index contributed by atoms with van der Waals surface area (Å²) in [5.74, 6) is 0.00483. The van der Waals surface area contributed by atoms with Gasteiger partial charge in [0.05, 0.1) is 0 Å². The number of carbonyl (C=O) groups is 1. The molecule has 0 aromatic heterocycles. The molecular formula is C15H24N4O. The maximum atomic E-state index is 11.4. The fourth-order valence-electron chi connectivity index (χ4n) is 2.40. The van der Waals surface area contributed by atoms with Gasteiger partial charge in [-0.15, -0.1) is 0 Å². The van der Waals surface area contributed by atoms with E-state index in [1.165, 1.54) is 0 Å². The van der Waals surface area contributed by atoms with Crippen molar-refractivity contribution < 1.29 is 4.79 Å². The second-order valence-electron chi connectivity index (χ2n) is 5.43. The van der Waals surface area contributed by atoms with E-state index in [0.29, 0.717) is 11.3 Å². The van der Waals surface area contributed by atoms with E-state index in [2.05, 4.69) is 22.2 Å². The number of Topliss-reactive ketones (excluding diaryl/α,β-unsaturated/α-hetero) is 1. The van der Waals surface area contributed by atoms with Crippen LogP contribution in [0.1, 0.15) is 17.3 Å². The summed E-state index contributed by atoms with van der Waals surface area (Å²) in [6.07, 6.45) is 0. The number of ketones is 1. The molecule has 1 aromatic rings. The van der Waals surface area contributed by atoms with E-state index >= 15 is 0 Å². The van der Waals surface area contributed by atoms with E-state index in [0.717, 1.165) is 45.0 Å². The molecule has 5 nitrogen and oxygen atoms in total.